The highest BCUT2D eigenvalue weighted by Gasteiger charge is 2.19. The number of hydrogen-bond donors (Lipinski definition) is 2. The number of aliphatic carboxylic acids is 1. The molecule has 0 bridgehead atoms. The fraction of sp³-hybridized carbons (Fsp3) is 0.273. The second-order valence-corrected chi connectivity index (χ2v) is 6.33. The molecule has 0 aliphatic heterocycles. The number of carboxylic acid groups (broad SMARTS) is 1. The van der Waals surface area contributed by atoms with Crippen LogP contribution in [-0.2, 0) is 20.7 Å². The van der Waals surface area contributed by atoms with E-state index in [2.05, 4.69) is 5.32 Å². The summed E-state index contributed by atoms with van der Waals surface area (Å²) in [4.78, 5) is 23.6. The van der Waals surface area contributed by atoms with Gasteiger partial charge in [0.2, 0.25) is 5.91 Å². The van der Waals surface area contributed by atoms with Crippen LogP contribution >= 0.6 is 0 Å². The number of carboxylic acids is 1. The van der Waals surface area contributed by atoms with Crippen molar-refractivity contribution in [2.45, 2.75) is 19.4 Å². The van der Waals surface area contributed by atoms with E-state index in [0.29, 0.717) is 19.0 Å². The minimum absolute atomic E-state index is 0.178. The molecular weight excluding hydrogens is 358 g/mol. The molecule has 0 heterocycles. The topological polar surface area (TPSA) is 84.9 Å². The first kappa shape index (κ1) is 21.2. The van der Waals surface area contributed by atoms with E-state index in [1.54, 1.807) is 37.5 Å². The van der Waals surface area contributed by atoms with Crippen LogP contribution in [0.1, 0.15) is 16.7 Å². The van der Waals surface area contributed by atoms with Gasteiger partial charge in [0, 0.05) is 19.6 Å². The van der Waals surface area contributed by atoms with E-state index < -0.39 is 17.9 Å². The third kappa shape index (κ3) is 7.25. The van der Waals surface area contributed by atoms with Crippen LogP contribution in [0.25, 0.3) is 6.08 Å². The van der Waals surface area contributed by atoms with Gasteiger partial charge in [0.25, 0.3) is 0 Å². The zero-order valence-electron chi connectivity index (χ0n) is 16.1. The summed E-state index contributed by atoms with van der Waals surface area (Å²) >= 11 is 0. The Bertz CT molecular complexity index is 797. The second-order valence-electron chi connectivity index (χ2n) is 6.33. The maximum absolute atomic E-state index is 12.1. The van der Waals surface area contributed by atoms with Crippen molar-refractivity contribution in [3.05, 3.63) is 71.3 Å². The molecule has 0 aliphatic rings. The lowest BCUT2D eigenvalue weighted by Crippen LogP contribution is -2.41. The predicted molar refractivity (Wildman–Crippen MR) is 107 cm³/mol. The van der Waals surface area contributed by atoms with Gasteiger partial charge in [-0.25, -0.2) is 4.79 Å². The first-order valence-corrected chi connectivity index (χ1v) is 8.96. The average molecular weight is 383 g/mol. The highest BCUT2D eigenvalue weighted by atomic mass is 16.5. The first-order valence-electron chi connectivity index (χ1n) is 8.96. The summed E-state index contributed by atoms with van der Waals surface area (Å²) in [6, 6.07) is 13.8. The molecule has 28 heavy (non-hydrogen) atoms. The van der Waals surface area contributed by atoms with Gasteiger partial charge in [0.1, 0.15) is 18.4 Å². The average Bonchev–Trinajstić information content (AvgIpc) is 2.68. The smallest absolute Gasteiger partial charge is 0.326 e. The number of ether oxygens (including phenoxy) is 2. The number of aryl methyl sites for hydroxylation is 1. The molecule has 2 aromatic rings. The molecule has 0 aromatic heterocycles. The van der Waals surface area contributed by atoms with E-state index in [4.69, 9.17) is 9.47 Å². The highest BCUT2D eigenvalue weighted by Crippen LogP contribution is 2.14. The molecule has 0 radical (unpaired) electrons. The van der Waals surface area contributed by atoms with Crippen LogP contribution in [0.2, 0.25) is 0 Å². The molecule has 0 spiro atoms. The fourth-order valence-corrected chi connectivity index (χ4v) is 2.47. The molecule has 6 nitrogen and oxygen atoms in total. The van der Waals surface area contributed by atoms with E-state index in [1.807, 2.05) is 31.2 Å². The molecule has 0 saturated carbocycles. The van der Waals surface area contributed by atoms with Crippen molar-refractivity contribution in [1.82, 2.24) is 5.32 Å². The molecule has 6 heteroatoms. The minimum atomic E-state index is -1.09. The third-order valence-corrected chi connectivity index (χ3v) is 4.04. The lowest BCUT2D eigenvalue weighted by atomic mass is 10.1. The zero-order chi connectivity index (χ0) is 20.4. The van der Waals surface area contributed by atoms with Crippen LogP contribution in [0.15, 0.2) is 54.6 Å². The third-order valence-electron chi connectivity index (χ3n) is 4.04. The Kier molecular flexibility index (Phi) is 8.24. The fourth-order valence-electron chi connectivity index (χ4n) is 2.47. The largest absolute Gasteiger partial charge is 0.491 e. The van der Waals surface area contributed by atoms with Gasteiger partial charge in [-0.3, -0.25) is 4.79 Å². The number of carbonyl (C=O) groups is 2. The van der Waals surface area contributed by atoms with Crippen LogP contribution in [0.3, 0.4) is 0 Å². The molecule has 0 aliphatic carbocycles. The van der Waals surface area contributed by atoms with E-state index in [9.17, 15) is 14.7 Å². The number of nitrogens with one attached hydrogen (secondary N) is 1. The van der Waals surface area contributed by atoms with Crippen molar-refractivity contribution >= 4 is 18.0 Å². The van der Waals surface area contributed by atoms with Crippen LogP contribution in [0.4, 0.5) is 0 Å². The molecular formula is C22H25NO5. The summed E-state index contributed by atoms with van der Waals surface area (Å²) in [6.07, 6.45) is 3.17. The SMILES string of the molecule is COCCOc1ccc(C[C@H](NC(=O)/C=C/c2ccc(C)cc2)C(=O)O)cc1. The summed E-state index contributed by atoms with van der Waals surface area (Å²) in [7, 11) is 1.60. The first-order chi connectivity index (χ1) is 13.5. The van der Waals surface area contributed by atoms with Crippen molar-refractivity contribution in [3.63, 3.8) is 0 Å². The van der Waals surface area contributed by atoms with Crippen LogP contribution in [0, 0.1) is 6.92 Å². The second kappa shape index (κ2) is 10.9. The Balaban J connectivity index is 1.92. The van der Waals surface area contributed by atoms with E-state index in [-0.39, 0.29) is 6.42 Å². The highest BCUT2D eigenvalue weighted by molar-refractivity contribution is 5.94. The number of methoxy groups -OCH3 is 1. The van der Waals surface area contributed by atoms with Crippen molar-refractivity contribution in [2.24, 2.45) is 0 Å². The Morgan fingerprint density at radius 1 is 1.07 bits per heavy atom. The van der Waals surface area contributed by atoms with E-state index >= 15 is 0 Å². The molecule has 0 fully saturated rings. The molecule has 2 aromatic carbocycles. The summed E-state index contributed by atoms with van der Waals surface area (Å²) in [6.45, 7) is 2.91. The van der Waals surface area contributed by atoms with Gasteiger partial charge in [-0.15, -0.1) is 0 Å². The lowest BCUT2D eigenvalue weighted by molar-refractivity contribution is -0.141. The van der Waals surface area contributed by atoms with Gasteiger partial charge in [-0.1, -0.05) is 42.0 Å². The standard InChI is InChI=1S/C22H25NO5/c1-16-3-5-17(6-4-16)9-12-21(24)23-20(22(25)26)15-18-7-10-19(11-8-18)28-14-13-27-2/h3-12,20H,13-15H2,1-2H3,(H,23,24)(H,25,26)/b12-9+/t20-/m0/s1. The lowest BCUT2D eigenvalue weighted by Gasteiger charge is -2.14. The predicted octanol–water partition coefficient (Wildman–Crippen LogP) is 2.85. The monoisotopic (exact) mass is 383 g/mol. The van der Waals surface area contributed by atoms with Gasteiger partial charge >= 0.3 is 5.97 Å². The number of rotatable bonds is 10. The van der Waals surface area contributed by atoms with Gasteiger partial charge < -0.3 is 19.9 Å². The summed E-state index contributed by atoms with van der Waals surface area (Å²) in [5.74, 6) is -0.859. The number of carbonyl (C=O) groups excluding carboxylic acids is 1. The van der Waals surface area contributed by atoms with Crippen molar-refractivity contribution < 1.29 is 24.2 Å². The quantitative estimate of drug-likeness (QED) is 0.487. The molecule has 2 rings (SSSR count). The molecule has 1 atom stereocenters. The van der Waals surface area contributed by atoms with Gasteiger partial charge in [0.15, 0.2) is 0 Å². The van der Waals surface area contributed by atoms with Crippen LogP contribution in [0.5, 0.6) is 5.75 Å². The van der Waals surface area contributed by atoms with Crippen molar-refractivity contribution in [3.8, 4) is 5.75 Å². The number of hydrogen-bond acceptors (Lipinski definition) is 4. The van der Waals surface area contributed by atoms with Gasteiger partial charge in [-0.05, 0) is 36.3 Å². The van der Waals surface area contributed by atoms with E-state index in [1.165, 1.54) is 6.08 Å². The Labute approximate surface area is 164 Å². The van der Waals surface area contributed by atoms with Crippen molar-refractivity contribution in [2.75, 3.05) is 20.3 Å². The van der Waals surface area contributed by atoms with Crippen LogP contribution in [-0.4, -0.2) is 43.3 Å². The van der Waals surface area contributed by atoms with Crippen molar-refractivity contribution in [1.29, 1.82) is 0 Å². The zero-order valence-corrected chi connectivity index (χ0v) is 16.1. The molecule has 148 valence electrons. The molecule has 1 amide bonds. The summed E-state index contributed by atoms with van der Waals surface area (Å²) in [5, 5.41) is 11.9. The minimum Gasteiger partial charge on any atom is -0.491 e. The maximum atomic E-state index is 12.1. The maximum Gasteiger partial charge on any atom is 0.326 e. The Morgan fingerprint density at radius 2 is 1.75 bits per heavy atom. The Morgan fingerprint density at radius 3 is 2.36 bits per heavy atom. The summed E-state index contributed by atoms with van der Waals surface area (Å²) < 4.78 is 10.4. The van der Waals surface area contributed by atoms with Gasteiger partial charge in [-0.2, -0.15) is 0 Å². The number of benzene rings is 2. The van der Waals surface area contributed by atoms with E-state index in [0.717, 1.165) is 16.7 Å². The molecule has 2 N–H and O–H groups in total. The summed E-state index contributed by atoms with van der Waals surface area (Å²) in [5.41, 5.74) is 2.79. The van der Waals surface area contributed by atoms with Gasteiger partial charge in [0.05, 0.1) is 6.61 Å². The Hall–Kier alpha value is -3.12. The van der Waals surface area contributed by atoms with Crippen LogP contribution < -0.4 is 10.1 Å². The molecule has 0 unspecified atom stereocenters. The normalized spacial score (nSPS) is 11.9. The number of amides is 1. The molecule has 0 saturated heterocycles.